The summed E-state index contributed by atoms with van der Waals surface area (Å²) in [4.78, 5) is 4.85. The van der Waals surface area contributed by atoms with Crippen molar-refractivity contribution in [3.63, 3.8) is 0 Å². The van der Waals surface area contributed by atoms with Crippen molar-refractivity contribution in [1.29, 1.82) is 0 Å². The van der Waals surface area contributed by atoms with Crippen molar-refractivity contribution >= 4 is 5.69 Å². The number of likely N-dealkylation sites (tertiary alicyclic amines) is 1. The van der Waals surface area contributed by atoms with Crippen LogP contribution in [0.5, 0.6) is 0 Å². The fourth-order valence-electron chi connectivity index (χ4n) is 2.99. The highest BCUT2D eigenvalue weighted by atomic mass is 15.2. The van der Waals surface area contributed by atoms with Crippen molar-refractivity contribution in [2.45, 2.75) is 38.3 Å². The zero-order chi connectivity index (χ0) is 13.8. The van der Waals surface area contributed by atoms with E-state index in [1.165, 1.54) is 30.6 Å². The lowest BCUT2D eigenvalue weighted by Crippen LogP contribution is -2.45. The number of nitrogens with two attached hydrogens (primary N) is 1. The standard InChI is InChI=1S/C16H27N3/c1-4-15(17)14-9-5-6-10-16(14)19(3)13-8-7-11-18(2)12-13/h5-6,9-10,13,15H,4,7-8,11-12,17H2,1-3H3/t13?,15-/m1/s1. The van der Waals surface area contributed by atoms with Crippen LogP contribution >= 0.6 is 0 Å². The van der Waals surface area contributed by atoms with Crippen LogP contribution < -0.4 is 10.6 Å². The first-order valence-corrected chi connectivity index (χ1v) is 7.39. The summed E-state index contributed by atoms with van der Waals surface area (Å²) in [5.41, 5.74) is 8.83. The van der Waals surface area contributed by atoms with Gasteiger partial charge in [0, 0.05) is 31.4 Å². The number of rotatable bonds is 4. The zero-order valence-electron chi connectivity index (χ0n) is 12.5. The fourth-order valence-corrected chi connectivity index (χ4v) is 2.99. The third kappa shape index (κ3) is 3.28. The number of anilines is 1. The Labute approximate surface area is 117 Å². The SMILES string of the molecule is CC[C@@H](N)c1ccccc1N(C)C1CCCN(C)C1. The topological polar surface area (TPSA) is 32.5 Å². The first-order valence-electron chi connectivity index (χ1n) is 7.39. The van der Waals surface area contributed by atoms with Crippen LogP contribution in [0.1, 0.15) is 37.8 Å². The van der Waals surface area contributed by atoms with Crippen LogP contribution in [0, 0.1) is 0 Å². The summed E-state index contributed by atoms with van der Waals surface area (Å²) in [6, 6.07) is 9.33. The number of hydrogen-bond acceptors (Lipinski definition) is 3. The van der Waals surface area contributed by atoms with Gasteiger partial charge in [0.05, 0.1) is 0 Å². The van der Waals surface area contributed by atoms with Gasteiger partial charge in [0.15, 0.2) is 0 Å². The van der Waals surface area contributed by atoms with E-state index in [-0.39, 0.29) is 6.04 Å². The molecule has 1 unspecified atom stereocenters. The van der Waals surface area contributed by atoms with Gasteiger partial charge in [-0.1, -0.05) is 25.1 Å². The van der Waals surface area contributed by atoms with E-state index < -0.39 is 0 Å². The Morgan fingerprint density at radius 1 is 1.42 bits per heavy atom. The Morgan fingerprint density at radius 2 is 2.16 bits per heavy atom. The number of likely N-dealkylation sites (N-methyl/N-ethyl adjacent to an activating group) is 2. The van der Waals surface area contributed by atoms with E-state index in [2.05, 4.69) is 55.1 Å². The molecule has 1 aromatic carbocycles. The van der Waals surface area contributed by atoms with Gasteiger partial charge in [-0.2, -0.15) is 0 Å². The summed E-state index contributed by atoms with van der Waals surface area (Å²) in [6.07, 6.45) is 3.54. The number of para-hydroxylation sites is 1. The second-order valence-corrected chi connectivity index (χ2v) is 5.74. The molecule has 2 atom stereocenters. The zero-order valence-corrected chi connectivity index (χ0v) is 12.5. The maximum atomic E-state index is 6.25. The molecular weight excluding hydrogens is 234 g/mol. The molecule has 3 nitrogen and oxygen atoms in total. The molecule has 0 aliphatic carbocycles. The highest BCUT2D eigenvalue weighted by Crippen LogP contribution is 2.29. The lowest BCUT2D eigenvalue weighted by Gasteiger charge is -2.38. The van der Waals surface area contributed by atoms with Crippen molar-refractivity contribution < 1.29 is 0 Å². The smallest absolute Gasteiger partial charge is 0.0414 e. The van der Waals surface area contributed by atoms with Crippen molar-refractivity contribution in [2.24, 2.45) is 5.73 Å². The van der Waals surface area contributed by atoms with Crippen LogP contribution in [-0.2, 0) is 0 Å². The maximum absolute atomic E-state index is 6.25. The molecule has 106 valence electrons. The maximum Gasteiger partial charge on any atom is 0.0414 e. The van der Waals surface area contributed by atoms with E-state index in [9.17, 15) is 0 Å². The largest absolute Gasteiger partial charge is 0.370 e. The highest BCUT2D eigenvalue weighted by molar-refractivity contribution is 5.55. The molecule has 1 aliphatic rings. The van der Waals surface area contributed by atoms with E-state index in [1.54, 1.807) is 0 Å². The van der Waals surface area contributed by atoms with Gasteiger partial charge < -0.3 is 15.5 Å². The summed E-state index contributed by atoms with van der Waals surface area (Å²) in [6.45, 7) is 4.52. The summed E-state index contributed by atoms with van der Waals surface area (Å²) in [5.74, 6) is 0. The average Bonchev–Trinajstić information content (AvgIpc) is 2.45. The minimum absolute atomic E-state index is 0.139. The molecule has 0 radical (unpaired) electrons. The lowest BCUT2D eigenvalue weighted by molar-refractivity contribution is 0.248. The van der Waals surface area contributed by atoms with Gasteiger partial charge in [0.2, 0.25) is 0 Å². The Hall–Kier alpha value is -1.06. The molecule has 1 aromatic rings. The molecule has 2 N–H and O–H groups in total. The van der Waals surface area contributed by atoms with E-state index in [0.717, 1.165) is 13.0 Å². The molecule has 1 heterocycles. The van der Waals surface area contributed by atoms with Crippen LogP contribution in [0.15, 0.2) is 24.3 Å². The predicted octanol–water partition coefficient (Wildman–Crippen LogP) is 2.63. The number of piperidine rings is 1. The van der Waals surface area contributed by atoms with Crippen LogP contribution in [0.2, 0.25) is 0 Å². The Bertz CT molecular complexity index is 405. The van der Waals surface area contributed by atoms with E-state index in [1.807, 2.05) is 0 Å². The first kappa shape index (κ1) is 14.4. The summed E-state index contributed by atoms with van der Waals surface area (Å²) in [5, 5.41) is 0. The molecular formula is C16H27N3. The molecule has 2 rings (SSSR count). The molecule has 1 saturated heterocycles. The quantitative estimate of drug-likeness (QED) is 0.904. The Balaban J connectivity index is 2.20. The van der Waals surface area contributed by atoms with Gasteiger partial charge >= 0.3 is 0 Å². The number of hydrogen-bond donors (Lipinski definition) is 1. The lowest BCUT2D eigenvalue weighted by atomic mass is 9.99. The van der Waals surface area contributed by atoms with Crippen LogP contribution in [0.3, 0.4) is 0 Å². The molecule has 3 heteroatoms. The van der Waals surface area contributed by atoms with Crippen molar-refractivity contribution in [3.8, 4) is 0 Å². The first-order chi connectivity index (χ1) is 9.13. The molecule has 0 bridgehead atoms. The van der Waals surface area contributed by atoms with Crippen LogP contribution in [0.25, 0.3) is 0 Å². The van der Waals surface area contributed by atoms with Crippen LogP contribution in [0.4, 0.5) is 5.69 Å². The van der Waals surface area contributed by atoms with Gasteiger partial charge in [0.1, 0.15) is 0 Å². The Kier molecular flexibility index (Phi) is 4.83. The molecule has 0 amide bonds. The third-order valence-electron chi connectivity index (χ3n) is 4.30. The minimum Gasteiger partial charge on any atom is -0.370 e. The predicted molar refractivity (Wildman–Crippen MR) is 82.6 cm³/mol. The van der Waals surface area contributed by atoms with Gasteiger partial charge in [-0.25, -0.2) is 0 Å². The summed E-state index contributed by atoms with van der Waals surface area (Å²) >= 11 is 0. The highest BCUT2D eigenvalue weighted by Gasteiger charge is 2.23. The van der Waals surface area contributed by atoms with Gasteiger partial charge in [-0.3, -0.25) is 0 Å². The molecule has 0 saturated carbocycles. The normalized spacial score (nSPS) is 22.2. The molecule has 1 aliphatic heterocycles. The Morgan fingerprint density at radius 3 is 2.84 bits per heavy atom. The van der Waals surface area contributed by atoms with Crippen molar-refractivity contribution in [2.75, 3.05) is 32.1 Å². The van der Waals surface area contributed by atoms with E-state index in [4.69, 9.17) is 5.73 Å². The van der Waals surface area contributed by atoms with Crippen molar-refractivity contribution in [1.82, 2.24) is 4.90 Å². The second-order valence-electron chi connectivity index (χ2n) is 5.74. The minimum atomic E-state index is 0.139. The monoisotopic (exact) mass is 261 g/mol. The number of benzene rings is 1. The van der Waals surface area contributed by atoms with E-state index in [0.29, 0.717) is 6.04 Å². The molecule has 19 heavy (non-hydrogen) atoms. The number of nitrogens with zero attached hydrogens (tertiary/aromatic N) is 2. The molecule has 0 spiro atoms. The van der Waals surface area contributed by atoms with E-state index >= 15 is 0 Å². The molecule has 1 fully saturated rings. The molecule has 0 aromatic heterocycles. The van der Waals surface area contributed by atoms with Gasteiger partial charge in [-0.05, 0) is 44.5 Å². The second kappa shape index (κ2) is 6.40. The van der Waals surface area contributed by atoms with Crippen molar-refractivity contribution in [3.05, 3.63) is 29.8 Å². The third-order valence-corrected chi connectivity index (χ3v) is 4.30. The average molecular weight is 261 g/mol. The summed E-state index contributed by atoms with van der Waals surface area (Å²) < 4.78 is 0. The van der Waals surface area contributed by atoms with Crippen LogP contribution in [-0.4, -0.2) is 38.1 Å². The van der Waals surface area contributed by atoms with Gasteiger partial charge in [-0.15, -0.1) is 0 Å². The fraction of sp³-hybridized carbons (Fsp3) is 0.625. The van der Waals surface area contributed by atoms with Gasteiger partial charge in [0.25, 0.3) is 0 Å². The summed E-state index contributed by atoms with van der Waals surface area (Å²) in [7, 11) is 4.43.